The number of phenolic OH excluding ortho intramolecular Hbond substituents is 1. The topological polar surface area (TPSA) is 89.3 Å². The molecule has 0 saturated heterocycles. The van der Waals surface area contributed by atoms with Gasteiger partial charge >= 0.3 is 0 Å². The number of ether oxygens (including phenoxy) is 1. The van der Waals surface area contributed by atoms with Gasteiger partial charge in [-0.1, -0.05) is 30.3 Å². The first-order valence-corrected chi connectivity index (χ1v) is 9.17. The first-order valence-electron chi connectivity index (χ1n) is 9.17. The quantitative estimate of drug-likeness (QED) is 0.529. The zero-order chi connectivity index (χ0) is 20.2. The lowest BCUT2D eigenvalue weighted by atomic mass is 9.94. The number of carbonyl (C=O) groups excluding carboxylic acids is 1. The molecule has 3 aromatic carbocycles. The van der Waals surface area contributed by atoms with E-state index in [9.17, 15) is 9.90 Å². The SMILES string of the molecule is COc1ccc(O)c(-c2cccc3c(C(=O)NCCn4cnnc4)cccc23)c1. The van der Waals surface area contributed by atoms with Crippen molar-refractivity contribution >= 4 is 16.7 Å². The van der Waals surface area contributed by atoms with Crippen molar-refractivity contribution < 1.29 is 14.6 Å². The highest BCUT2D eigenvalue weighted by Crippen LogP contribution is 2.37. The molecule has 2 N–H and O–H groups in total. The fraction of sp³-hybridized carbons (Fsp3) is 0.136. The first kappa shape index (κ1) is 18.5. The van der Waals surface area contributed by atoms with Crippen LogP contribution in [0.1, 0.15) is 10.4 Å². The molecule has 146 valence electrons. The number of nitrogens with zero attached hydrogens (tertiary/aromatic N) is 3. The Kier molecular flexibility index (Phi) is 5.11. The monoisotopic (exact) mass is 388 g/mol. The van der Waals surface area contributed by atoms with Crippen LogP contribution in [0.2, 0.25) is 0 Å². The molecule has 0 spiro atoms. The number of carbonyl (C=O) groups is 1. The Morgan fingerprint density at radius 1 is 1.03 bits per heavy atom. The van der Waals surface area contributed by atoms with E-state index in [0.717, 1.165) is 16.3 Å². The third-order valence-corrected chi connectivity index (χ3v) is 4.78. The summed E-state index contributed by atoms with van der Waals surface area (Å²) in [4.78, 5) is 12.8. The third-order valence-electron chi connectivity index (χ3n) is 4.78. The van der Waals surface area contributed by atoms with E-state index in [1.165, 1.54) is 0 Å². The Balaban J connectivity index is 1.67. The van der Waals surface area contributed by atoms with E-state index < -0.39 is 0 Å². The molecule has 1 heterocycles. The molecule has 29 heavy (non-hydrogen) atoms. The largest absolute Gasteiger partial charge is 0.507 e. The van der Waals surface area contributed by atoms with Crippen molar-refractivity contribution in [2.45, 2.75) is 6.54 Å². The van der Waals surface area contributed by atoms with Crippen LogP contribution in [-0.2, 0) is 6.54 Å². The van der Waals surface area contributed by atoms with Crippen molar-refractivity contribution in [3.05, 3.63) is 72.8 Å². The standard InChI is InChI=1S/C22H20N4O3/c1-29-15-8-9-21(27)20(12-15)18-6-2-5-17-16(18)4-3-7-19(17)22(28)23-10-11-26-13-24-25-14-26/h2-9,12-14,27H,10-11H2,1H3,(H,23,28). The van der Waals surface area contributed by atoms with Crippen LogP contribution in [0.5, 0.6) is 11.5 Å². The van der Waals surface area contributed by atoms with E-state index in [4.69, 9.17) is 4.74 Å². The smallest absolute Gasteiger partial charge is 0.251 e. The number of rotatable bonds is 6. The van der Waals surface area contributed by atoms with Crippen molar-refractivity contribution in [1.82, 2.24) is 20.1 Å². The number of amides is 1. The number of phenols is 1. The summed E-state index contributed by atoms with van der Waals surface area (Å²) in [5, 5.41) is 22.5. The molecule has 4 aromatic rings. The van der Waals surface area contributed by atoms with Crippen LogP contribution in [0.4, 0.5) is 0 Å². The molecule has 0 aliphatic heterocycles. The normalized spacial score (nSPS) is 10.8. The summed E-state index contributed by atoms with van der Waals surface area (Å²) in [5.41, 5.74) is 2.06. The minimum atomic E-state index is -0.157. The second-order valence-electron chi connectivity index (χ2n) is 6.54. The Bertz CT molecular complexity index is 1160. The number of aromatic hydroxyl groups is 1. The predicted molar refractivity (Wildman–Crippen MR) is 110 cm³/mol. The van der Waals surface area contributed by atoms with Crippen LogP contribution in [0.25, 0.3) is 21.9 Å². The predicted octanol–water partition coefficient (Wildman–Crippen LogP) is 3.24. The van der Waals surface area contributed by atoms with Crippen LogP contribution < -0.4 is 10.1 Å². The van der Waals surface area contributed by atoms with Crippen molar-refractivity contribution in [2.24, 2.45) is 0 Å². The lowest BCUT2D eigenvalue weighted by Crippen LogP contribution is -2.27. The van der Waals surface area contributed by atoms with Crippen LogP contribution in [0.3, 0.4) is 0 Å². The summed E-state index contributed by atoms with van der Waals surface area (Å²) in [7, 11) is 1.58. The summed E-state index contributed by atoms with van der Waals surface area (Å²) < 4.78 is 7.09. The second kappa shape index (κ2) is 8.02. The van der Waals surface area contributed by atoms with Gasteiger partial charge in [-0.2, -0.15) is 0 Å². The fourth-order valence-corrected chi connectivity index (χ4v) is 3.33. The third kappa shape index (κ3) is 3.75. The summed E-state index contributed by atoms with van der Waals surface area (Å²) in [5.74, 6) is 0.649. The lowest BCUT2D eigenvalue weighted by molar-refractivity contribution is 0.0954. The molecule has 0 bridgehead atoms. The number of aromatic nitrogens is 3. The zero-order valence-corrected chi connectivity index (χ0v) is 15.9. The molecule has 0 fully saturated rings. The van der Waals surface area contributed by atoms with Gasteiger partial charge in [0, 0.05) is 24.2 Å². The molecule has 0 aliphatic rings. The highest BCUT2D eigenvalue weighted by molar-refractivity contribution is 6.10. The van der Waals surface area contributed by atoms with Crippen LogP contribution in [0, 0.1) is 0 Å². The maximum Gasteiger partial charge on any atom is 0.251 e. The van der Waals surface area contributed by atoms with E-state index in [2.05, 4.69) is 15.5 Å². The molecule has 0 unspecified atom stereocenters. The van der Waals surface area contributed by atoms with Gasteiger partial charge in [-0.25, -0.2) is 0 Å². The summed E-state index contributed by atoms with van der Waals surface area (Å²) in [6.45, 7) is 1.05. The Hall–Kier alpha value is -3.87. The van der Waals surface area contributed by atoms with Gasteiger partial charge in [0.1, 0.15) is 24.2 Å². The average molecular weight is 388 g/mol. The maximum atomic E-state index is 12.8. The van der Waals surface area contributed by atoms with E-state index in [1.54, 1.807) is 48.6 Å². The average Bonchev–Trinajstić information content (AvgIpc) is 3.27. The van der Waals surface area contributed by atoms with E-state index in [1.807, 2.05) is 30.3 Å². The Labute approximate surface area is 167 Å². The molecule has 0 radical (unpaired) electrons. The van der Waals surface area contributed by atoms with Crippen LogP contribution >= 0.6 is 0 Å². The van der Waals surface area contributed by atoms with Gasteiger partial charge in [-0.3, -0.25) is 4.79 Å². The fourth-order valence-electron chi connectivity index (χ4n) is 3.33. The van der Waals surface area contributed by atoms with E-state index >= 15 is 0 Å². The van der Waals surface area contributed by atoms with Gasteiger partial charge < -0.3 is 19.7 Å². The molecule has 0 aliphatic carbocycles. The number of hydrogen-bond donors (Lipinski definition) is 2. The van der Waals surface area contributed by atoms with Gasteiger partial charge in [0.15, 0.2) is 0 Å². The minimum absolute atomic E-state index is 0.155. The first-order chi connectivity index (χ1) is 14.2. The molecule has 1 amide bonds. The van der Waals surface area contributed by atoms with Crippen LogP contribution in [0.15, 0.2) is 67.3 Å². The Morgan fingerprint density at radius 3 is 2.59 bits per heavy atom. The molecule has 4 rings (SSSR count). The van der Waals surface area contributed by atoms with Crippen molar-refractivity contribution in [3.63, 3.8) is 0 Å². The van der Waals surface area contributed by atoms with Gasteiger partial charge in [-0.05, 0) is 40.6 Å². The maximum absolute atomic E-state index is 12.8. The van der Waals surface area contributed by atoms with Crippen molar-refractivity contribution in [1.29, 1.82) is 0 Å². The molecule has 0 atom stereocenters. The number of hydrogen-bond acceptors (Lipinski definition) is 5. The minimum Gasteiger partial charge on any atom is -0.507 e. The molecule has 7 nitrogen and oxygen atoms in total. The van der Waals surface area contributed by atoms with Crippen LogP contribution in [-0.4, -0.2) is 39.4 Å². The van der Waals surface area contributed by atoms with Gasteiger partial charge in [0.05, 0.1) is 7.11 Å². The summed E-state index contributed by atoms with van der Waals surface area (Å²) in [6, 6.07) is 16.4. The number of methoxy groups -OCH3 is 1. The highest BCUT2D eigenvalue weighted by atomic mass is 16.5. The molecule has 1 aromatic heterocycles. The molecule has 7 heteroatoms. The number of fused-ring (bicyclic) bond motifs is 1. The highest BCUT2D eigenvalue weighted by Gasteiger charge is 2.14. The van der Waals surface area contributed by atoms with Crippen molar-refractivity contribution in [2.75, 3.05) is 13.7 Å². The molecule has 0 saturated carbocycles. The van der Waals surface area contributed by atoms with Gasteiger partial charge in [0.2, 0.25) is 0 Å². The number of benzene rings is 3. The lowest BCUT2D eigenvalue weighted by Gasteiger charge is -2.13. The van der Waals surface area contributed by atoms with Gasteiger partial charge in [0.25, 0.3) is 5.91 Å². The summed E-state index contributed by atoms with van der Waals surface area (Å²) in [6.07, 6.45) is 3.22. The number of nitrogens with one attached hydrogen (secondary N) is 1. The van der Waals surface area contributed by atoms with E-state index in [-0.39, 0.29) is 11.7 Å². The summed E-state index contributed by atoms with van der Waals surface area (Å²) >= 11 is 0. The zero-order valence-electron chi connectivity index (χ0n) is 15.9. The Morgan fingerprint density at radius 2 is 1.79 bits per heavy atom. The molecular weight excluding hydrogens is 368 g/mol. The second-order valence-corrected chi connectivity index (χ2v) is 6.54. The van der Waals surface area contributed by atoms with E-state index in [0.29, 0.717) is 30.0 Å². The van der Waals surface area contributed by atoms with Crippen molar-refractivity contribution in [3.8, 4) is 22.6 Å². The molecular formula is C22H20N4O3. The van der Waals surface area contributed by atoms with Gasteiger partial charge in [-0.15, -0.1) is 10.2 Å².